The summed E-state index contributed by atoms with van der Waals surface area (Å²) in [7, 11) is 0. The van der Waals surface area contributed by atoms with E-state index in [0.717, 1.165) is 30.8 Å². The summed E-state index contributed by atoms with van der Waals surface area (Å²) in [5.41, 5.74) is 3.12. The van der Waals surface area contributed by atoms with Crippen molar-refractivity contribution in [2.75, 3.05) is 6.54 Å². The molecule has 1 aromatic carbocycles. The standard InChI is InChI=1S/C17H20N4/c1-14-10-19-21(11-14)13-17-7-4-8-20(17)12-16-6-3-2-5-15(16)9-18/h2-3,5-6,10-11,17H,4,7-8,12-13H2,1H3/t17-/m1/s1. The van der Waals surface area contributed by atoms with Crippen LogP contribution < -0.4 is 0 Å². The molecule has 0 N–H and O–H groups in total. The number of likely N-dealkylation sites (tertiary alicyclic amines) is 1. The van der Waals surface area contributed by atoms with Crippen LogP contribution in [0.3, 0.4) is 0 Å². The summed E-state index contributed by atoms with van der Waals surface area (Å²) < 4.78 is 2.04. The van der Waals surface area contributed by atoms with Crippen LogP contribution in [-0.4, -0.2) is 27.3 Å². The molecule has 3 rings (SSSR count). The fourth-order valence-corrected chi connectivity index (χ4v) is 3.08. The van der Waals surface area contributed by atoms with Gasteiger partial charge in [-0.3, -0.25) is 9.58 Å². The second-order valence-electron chi connectivity index (χ2n) is 5.78. The van der Waals surface area contributed by atoms with Crippen molar-refractivity contribution in [3.63, 3.8) is 0 Å². The van der Waals surface area contributed by atoms with E-state index in [-0.39, 0.29) is 0 Å². The number of aromatic nitrogens is 2. The van der Waals surface area contributed by atoms with Crippen molar-refractivity contribution < 1.29 is 0 Å². The molecule has 1 atom stereocenters. The molecule has 0 spiro atoms. The van der Waals surface area contributed by atoms with E-state index in [2.05, 4.69) is 35.3 Å². The predicted molar refractivity (Wildman–Crippen MR) is 81.6 cm³/mol. The van der Waals surface area contributed by atoms with E-state index in [1.807, 2.05) is 29.1 Å². The quantitative estimate of drug-likeness (QED) is 0.865. The molecule has 4 nitrogen and oxygen atoms in total. The van der Waals surface area contributed by atoms with Crippen molar-refractivity contribution in [3.05, 3.63) is 53.3 Å². The molecule has 21 heavy (non-hydrogen) atoms. The summed E-state index contributed by atoms with van der Waals surface area (Å²) in [6.07, 6.45) is 6.43. The Balaban J connectivity index is 1.71. The highest BCUT2D eigenvalue weighted by Crippen LogP contribution is 2.22. The van der Waals surface area contributed by atoms with Crippen LogP contribution in [0.2, 0.25) is 0 Å². The third-order valence-corrected chi connectivity index (χ3v) is 4.17. The highest BCUT2D eigenvalue weighted by molar-refractivity contribution is 5.37. The molecule has 1 aliphatic heterocycles. The Morgan fingerprint density at radius 1 is 1.38 bits per heavy atom. The predicted octanol–water partition coefficient (Wildman–Crippen LogP) is 2.73. The maximum Gasteiger partial charge on any atom is 0.0995 e. The van der Waals surface area contributed by atoms with E-state index in [4.69, 9.17) is 0 Å². The first-order chi connectivity index (χ1) is 10.3. The van der Waals surface area contributed by atoms with Gasteiger partial charge in [0.2, 0.25) is 0 Å². The highest BCUT2D eigenvalue weighted by atomic mass is 15.3. The number of hydrogen-bond acceptors (Lipinski definition) is 3. The van der Waals surface area contributed by atoms with Gasteiger partial charge in [-0.15, -0.1) is 0 Å². The van der Waals surface area contributed by atoms with Crippen molar-refractivity contribution in [2.45, 2.75) is 38.9 Å². The van der Waals surface area contributed by atoms with Crippen molar-refractivity contribution in [1.82, 2.24) is 14.7 Å². The zero-order valence-corrected chi connectivity index (χ0v) is 12.4. The molecule has 2 heterocycles. The first-order valence-corrected chi connectivity index (χ1v) is 7.47. The van der Waals surface area contributed by atoms with Crippen LogP contribution in [0.4, 0.5) is 0 Å². The number of benzene rings is 1. The Hall–Kier alpha value is -2.12. The number of hydrogen-bond donors (Lipinski definition) is 0. The molecule has 0 amide bonds. The molecule has 0 aliphatic carbocycles. The monoisotopic (exact) mass is 280 g/mol. The van der Waals surface area contributed by atoms with Gasteiger partial charge in [0, 0.05) is 18.8 Å². The Morgan fingerprint density at radius 3 is 3.00 bits per heavy atom. The molecule has 0 saturated carbocycles. The van der Waals surface area contributed by atoms with Gasteiger partial charge in [-0.1, -0.05) is 18.2 Å². The third-order valence-electron chi connectivity index (χ3n) is 4.17. The van der Waals surface area contributed by atoms with E-state index >= 15 is 0 Å². The molecular formula is C17H20N4. The molecule has 108 valence electrons. The van der Waals surface area contributed by atoms with Crippen LogP contribution in [-0.2, 0) is 13.1 Å². The largest absolute Gasteiger partial charge is 0.294 e. The van der Waals surface area contributed by atoms with Gasteiger partial charge in [0.1, 0.15) is 0 Å². The molecular weight excluding hydrogens is 260 g/mol. The second kappa shape index (κ2) is 6.11. The Bertz CT molecular complexity index is 653. The first-order valence-electron chi connectivity index (χ1n) is 7.47. The minimum Gasteiger partial charge on any atom is -0.294 e. The van der Waals surface area contributed by atoms with Gasteiger partial charge in [0.15, 0.2) is 0 Å². The molecule has 0 radical (unpaired) electrons. The van der Waals surface area contributed by atoms with E-state index < -0.39 is 0 Å². The molecule has 0 bridgehead atoms. The Kier molecular flexibility index (Phi) is 4.03. The molecule has 0 unspecified atom stereocenters. The molecule has 1 aliphatic rings. The van der Waals surface area contributed by atoms with Crippen molar-refractivity contribution >= 4 is 0 Å². The topological polar surface area (TPSA) is 44.9 Å². The summed E-state index contributed by atoms with van der Waals surface area (Å²) in [4.78, 5) is 2.48. The number of nitrogens with zero attached hydrogens (tertiary/aromatic N) is 4. The second-order valence-corrected chi connectivity index (χ2v) is 5.78. The lowest BCUT2D eigenvalue weighted by Crippen LogP contribution is -2.32. The van der Waals surface area contributed by atoms with Crippen molar-refractivity contribution in [2.24, 2.45) is 0 Å². The zero-order valence-electron chi connectivity index (χ0n) is 12.4. The highest BCUT2D eigenvalue weighted by Gasteiger charge is 2.25. The Morgan fingerprint density at radius 2 is 2.24 bits per heavy atom. The lowest BCUT2D eigenvalue weighted by atomic mass is 10.1. The number of rotatable bonds is 4. The van der Waals surface area contributed by atoms with Gasteiger partial charge >= 0.3 is 0 Å². The molecule has 1 aromatic heterocycles. The summed E-state index contributed by atoms with van der Waals surface area (Å²) in [5, 5.41) is 13.6. The van der Waals surface area contributed by atoms with Gasteiger partial charge < -0.3 is 0 Å². The smallest absolute Gasteiger partial charge is 0.0995 e. The van der Waals surface area contributed by atoms with Gasteiger partial charge in [0.05, 0.1) is 24.4 Å². The summed E-state index contributed by atoms with van der Waals surface area (Å²) in [6, 6.07) is 10.7. The average molecular weight is 280 g/mol. The lowest BCUT2D eigenvalue weighted by Gasteiger charge is -2.24. The van der Waals surface area contributed by atoms with Gasteiger partial charge in [0.25, 0.3) is 0 Å². The fraction of sp³-hybridized carbons (Fsp3) is 0.412. The van der Waals surface area contributed by atoms with Crippen LogP contribution in [0.15, 0.2) is 36.7 Å². The average Bonchev–Trinajstić information content (AvgIpc) is 3.10. The number of nitriles is 1. The first kappa shape index (κ1) is 13.8. The maximum atomic E-state index is 9.21. The number of aryl methyl sites for hydroxylation is 1. The van der Waals surface area contributed by atoms with Gasteiger partial charge in [-0.05, 0) is 43.5 Å². The van der Waals surface area contributed by atoms with E-state index in [0.29, 0.717) is 6.04 Å². The van der Waals surface area contributed by atoms with Crippen molar-refractivity contribution in [3.8, 4) is 6.07 Å². The minimum atomic E-state index is 0.510. The summed E-state index contributed by atoms with van der Waals surface area (Å²) in [5.74, 6) is 0. The summed E-state index contributed by atoms with van der Waals surface area (Å²) in [6.45, 7) is 4.96. The SMILES string of the molecule is Cc1cnn(C[C@H]2CCCN2Cc2ccccc2C#N)c1. The van der Waals surface area contributed by atoms with Gasteiger partial charge in [-0.25, -0.2) is 0 Å². The Labute approximate surface area is 125 Å². The van der Waals surface area contributed by atoms with E-state index in [9.17, 15) is 5.26 Å². The minimum absolute atomic E-state index is 0.510. The normalized spacial score (nSPS) is 18.8. The van der Waals surface area contributed by atoms with Crippen LogP contribution in [0.1, 0.15) is 29.5 Å². The van der Waals surface area contributed by atoms with Crippen LogP contribution in [0.25, 0.3) is 0 Å². The van der Waals surface area contributed by atoms with Gasteiger partial charge in [-0.2, -0.15) is 10.4 Å². The molecule has 4 heteroatoms. The van der Waals surface area contributed by atoms with Crippen LogP contribution in [0.5, 0.6) is 0 Å². The van der Waals surface area contributed by atoms with Crippen LogP contribution >= 0.6 is 0 Å². The fourth-order valence-electron chi connectivity index (χ4n) is 3.08. The van der Waals surface area contributed by atoms with Crippen molar-refractivity contribution in [1.29, 1.82) is 5.26 Å². The molecule has 2 aromatic rings. The maximum absolute atomic E-state index is 9.21. The molecule has 1 saturated heterocycles. The van der Waals surface area contributed by atoms with Crippen LogP contribution in [0, 0.1) is 18.3 Å². The third kappa shape index (κ3) is 3.14. The van der Waals surface area contributed by atoms with E-state index in [1.54, 1.807) is 0 Å². The van der Waals surface area contributed by atoms with E-state index in [1.165, 1.54) is 18.4 Å². The zero-order chi connectivity index (χ0) is 14.7. The lowest BCUT2D eigenvalue weighted by molar-refractivity contribution is 0.219. The summed E-state index contributed by atoms with van der Waals surface area (Å²) >= 11 is 0. The molecule has 1 fully saturated rings.